The van der Waals surface area contributed by atoms with Crippen LogP contribution in [0.15, 0.2) is 59.5 Å². The summed E-state index contributed by atoms with van der Waals surface area (Å²) >= 11 is 5.73. The van der Waals surface area contributed by atoms with Gasteiger partial charge in [-0.1, -0.05) is 41.9 Å². The van der Waals surface area contributed by atoms with E-state index in [1.165, 1.54) is 31.2 Å². The first-order chi connectivity index (χ1) is 12.3. The number of hydrogen-bond acceptors (Lipinski definition) is 4. The van der Waals surface area contributed by atoms with Crippen molar-refractivity contribution in [2.45, 2.75) is 24.4 Å². The molecule has 0 aliphatic rings. The SMILES string of the molecule is CC(NC(=O)CS(=O)(=O)c1ccc(Cl)cc1)C(=O)NCc1ccccc1. The highest BCUT2D eigenvalue weighted by Crippen LogP contribution is 2.15. The van der Waals surface area contributed by atoms with Crippen LogP contribution in [0.5, 0.6) is 0 Å². The number of rotatable bonds is 7. The summed E-state index contributed by atoms with van der Waals surface area (Å²) in [5.41, 5.74) is 0.921. The highest BCUT2D eigenvalue weighted by molar-refractivity contribution is 7.92. The van der Waals surface area contributed by atoms with Gasteiger partial charge in [0, 0.05) is 11.6 Å². The summed E-state index contributed by atoms with van der Waals surface area (Å²) in [6, 6.07) is 14.0. The normalized spacial score (nSPS) is 12.2. The van der Waals surface area contributed by atoms with Crippen LogP contribution < -0.4 is 10.6 Å². The zero-order chi connectivity index (χ0) is 19.2. The second-order valence-electron chi connectivity index (χ2n) is 5.71. The topological polar surface area (TPSA) is 92.3 Å². The van der Waals surface area contributed by atoms with Crippen LogP contribution in [0.3, 0.4) is 0 Å². The Kier molecular flexibility index (Phi) is 6.76. The fraction of sp³-hybridized carbons (Fsp3) is 0.222. The van der Waals surface area contributed by atoms with Crippen LogP contribution in [-0.4, -0.2) is 32.0 Å². The Balaban J connectivity index is 1.87. The maximum Gasteiger partial charge on any atom is 0.242 e. The molecule has 1 unspecified atom stereocenters. The van der Waals surface area contributed by atoms with Gasteiger partial charge >= 0.3 is 0 Å². The first-order valence-corrected chi connectivity index (χ1v) is 9.90. The molecule has 8 heteroatoms. The molecule has 0 radical (unpaired) electrons. The van der Waals surface area contributed by atoms with E-state index in [4.69, 9.17) is 11.6 Å². The summed E-state index contributed by atoms with van der Waals surface area (Å²) in [5.74, 6) is -1.89. The number of carbonyl (C=O) groups excluding carboxylic acids is 2. The minimum Gasteiger partial charge on any atom is -0.350 e. The molecule has 2 rings (SSSR count). The molecule has 0 heterocycles. The summed E-state index contributed by atoms with van der Waals surface area (Å²) in [6.07, 6.45) is 0. The van der Waals surface area contributed by atoms with Crippen LogP contribution in [0.25, 0.3) is 0 Å². The van der Waals surface area contributed by atoms with Gasteiger partial charge in [0.25, 0.3) is 0 Å². The van der Waals surface area contributed by atoms with E-state index in [9.17, 15) is 18.0 Å². The number of hydrogen-bond donors (Lipinski definition) is 2. The quantitative estimate of drug-likeness (QED) is 0.750. The first kappa shape index (κ1) is 19.9. The van der Waals surface area contributed by atoms with Crippen molar-refractivity contribution in [3.05, 3.63) is 65.2 Å². The van der Waals surface area contributed by atoms with Crippen molar-refractivity contribution >= 4 is 33.3 Å². The van der Waals surface area contributed by atoms with Crippen molar-refractivity contribution in [1.29, 1.82) is 0 Å². The Labute approximate surface area is 157 Å². The van der Waals surface area contributed by atoms with Gasteiger partial charge in [-0.25, -0.2) is 8.42 Å². The average molecular weight is 395 g/mol. The summed E-state index contributed by atoms with van der Waals surface area (Å²) in [5, 5.41) is 5.48. The van der Waals surface area contributed by atoms with Crippen LogP contribution >= 0.6 is 11.6 Å². The summed E-state index contributed by atoms with van der Waals surface area (Å²) in [6.45, 7) is 1.82. The molecule has 0 spiro atoms. The smallest absolute Gasteiger partial charge is 0.242 e. The van der Waals surface area contributed by atoms with Crippen LogP contribution in [0.2, 0.25) is 5.02 Å². The Morgan fingerprint density at radius 2 is 1.65 bits per heavy atom. The lowest BCUT2D eigenvalue weighted by Gasteiger charge is -2.14. The van der Waals surface area contributed by atoms with Gasteiger partial charge in [0.1, 0.15) is 11.8 Å². The van der Waals surface area contributed by atoms with E-state index in [1.807, 2.05) is 30.3 Å². The molecular weight excluding hydrogens is 376 g/mol. The maximum absolute atomic E-state index is 12.2. The molecule has 6 nitrogen and oxygen atoms in total. The number of carbonyl (C=O) groups is 2. The molecule has 2 N–H and O–H groups in total. The number of sulfone groups is 1. The Morgan fingerprint density at radius 3 is 2.27 bits per heavy atom. The minimum absolute atomic E-state index is 0.00164. The highest BCUT2D eigenvalue weighted by Gasteiger charge is 2.22. The van der Waals surface area contributed by atoms with E-state index in [2.05, 4.69) is 10.6 Å². The van der Waals surface area contributed by atoms with Crippen molar-refractivity contribution in [3.63, 3.8) is 0 Å². The van der Waals surface area contributed by atoms with Gasteiger partial charge in [-0.2, -0.15) is 0 Å². The van der Waals surface area contributed by atoms with Gasteiger partial charge < -0.3 is 10.6 Å². The minimum atomic E-state index is -3.81. The third-order valence-electron chi connectivity index (χ3n) is 3.57. The predicted octanol–water partition coefficient (Wildman–Crippen LogP) is 1.93. The maximum atomic E-state index is 12.2. The molecule has 1 atom stereocenters. The summed E-state index contributed by atoms with van der Waals surface area (Å²) in [4.78, 5) is 24.0. The van der Waals surface area contributed by atoms with Crippen molar-refractivity contribution in [1.82, 2.24) is 10.6 Å². The van der Waals surface area contributed by atoms with E-state index in [1.54, 1.807) is 0 Å². The second-order valence-corrected chi connectivity index (χ2v) is 8.13. The van der Waals surface area contributed by atoms with Crippen LogP contribution in [0.1, 0.15) is 12.5 Å². The van der Waals surface area contributed by atoms with Crippen LogP contribution in [0, 0.1) is 0 Å². The van der Waals surface area contributed by atoms with Gasteiger partial charge in [0.05, 0.1) is 4.90 Å². The van der Waals surface area contributed by atoms with Crippen molar-refractivity contribution in [3.8, 4) is 0 Å². The van der Waals surface area contributed by atoms with E-state index in [-0.39, 0.29) is 4.90 Å². The Bertz CT molecular complexity index is 868. The third-order valence-corrected chi connectivity index (χ3v) is 5.46. The molecule has 0 saturated heterocycles. The molecule has 0 fully saturated rings. The zero-order valence-corrected chi connectivity index (χ0v) is 15.7. The third kappa shape index (κ3) is 5.86. The number of halogens is 1. The fourth-order valence-corrected chi connectivity index (χ4v) is 3.46. The molecule has 2 aromatic rings. The molecule has 0 bridgehead atoms. The second kappa shape index (κ2) is 8.82. The predicted molar refractivity (Wildman–Crippen MR) is 99.4 cm³/mol. The molecule has 0 saturated carbocycles. The van der Waals surface area contributed by atoms with Gasteiger partial charge in [0.15, 0.2) is 9.84 Å². The van der Waals surface area contributed by atoms with Crippen LogP contribution in [0.4, 0.5) is 0 Å². The zero-order valence-electron chi connectivity index (χ0n) is 14.1. The van der Waals surface area contributed by atoms with Crippen molar-refractivity contribution < 1.29 is 18.0 Å². The highest BCUT2D eigenvalue weighted by atomic mass is 35.5. The number of amides is 2. The molecule has 2 aromatic carbocycles. The lowest BCUT2D eigenvalue weighted by atomic mass is 10.2. The van der Waals surface area contributed by atoms with Gasteiger partial charge in [0.2, 0.25) is 11.8 Å². The molecular formula is C18H19ClN2O4S. The lowest BCUT2D eigenvalue weighted by Crippen LogP contribution is -2.46. The van der Waals surface area contributed by atoms with E-state index in [0.717, 1.165) is 5.56 Å². The molecule has 0 aliphatic heterocycles. The monoisotopic (exact) mass is 394 g/mol. The average Bonchev–Trinajstić information content (AvgIpc) is 2.60. The molecule has 2 amide bonds. The van der Waals surface area contributed by atoms with Gasteiger partial charge in [-0.15, -0.1) is 0 Å². The van der Waals surface area contributed by atoms with Gasteiger partial charge in [-0.05, 0) is 36.8 Å². The standard InChI is InChI=1S/C18H19ClN2O4S/c1-13(18(23)20-11-14-5-3-2-4-6-14)21-17(22)12-26(24,25)16-9-7-15(19)8-10-16/h2-10,13H,11-12H2,1H3,(H,20,23)(H,21,22). The molecule has 0 aromatic heterocycles. The van der Waals surface area contributed by atoms with Crippen molar-refractivity contribution in [2.24, 2.45) is 0 Å². The summed E-state index contributed by atoms with van der Waals surface area (Å²) < 4.78 is 24.4. The number of nitrogens with one attached hydrogen (secondary N) is 2. The Morgan fingerprint density at radius 1 is 1.04 bits per heavy atom. The van der Waals surface area contributed by atoms with Gasteiger partial charge in [-0.3, -0.25) is 9.59 Å². The molecule has 138 valence electrons. The fourth-order valence-electron chi connectivity index (χ4n) is 2.18. The molecule has 26 heavy (non-hydrogen) atoms. The van der Waals surface area contributed by atoms with Crippen molar-refractivity contribution in [2.75, 3.05) is 5.75 Å². The first-order valence-electron chi connectivity index (χ1n) is 7.87. The van der Waals surface area contributed by atoms with E-state index < -0.39 is 33.4 Å². The lowest BCUT2D eigenvalue weighted by molar-refractivity contribution is -0.127. The largest absolute Gasteiger partial charge is 0.350 e. The molecule has 0 aliphatic carbocycles. The van der Waals surface area contributed by atoms with Crippen LogP contribution in [-0.2, 0) is 26.0 Å². The summed E-state index contributed by atoms with van der Waals surface area (Å²) in [7, 11) is -3.81. The number of benzene rings is 2. The Hall–Kier alpha value is -2.38. The van der Waals surface area contributed by atoms with E-state index >= 15 is 0 Å². The van der Waals surface area contributed by atoms with E-state index in [0.29, 0.717) is 11.6 Å².